The zero-order valence-corrected chi connectivity index (χ0v) is 15.1. The second-order valence-electron chi connectivity index (χ2n) is 5.20. The van der Waals surface area contributed by atoms with E-state index in [0.717, 1.165) is 4.47 Å². The first-order valence-corrected chi connectivity index (χ1v) is 8.35. The zero-order chi connectivity index (χ0) is 18.9. The highest BCUT2D eigenvalue weighted by molar-refractivity contribution is 9.10. The lowest BCUT2D eigenvalue weighted by molar-refractivity contribution is -0.384. The molecule has 134 valence electrons. The van der Waals surface area contributed by atoms with E-state index in [4.69, 9.17) is 0 Å². The minimum Gasteiger partial charge on any atom is -0.326 e. The van der Waals surface area contributed by atoms with E-state index in [0.29, 0.717) is 11.3 Å². The largest absolute Gasteiger partial charge is 0.326 e. The minimum atomic E-state index is -0.498. The van der Waals surface area contributed by atoms with Gasteiger partial charge in [-0.25, -0.2) is 5.43 Å². The number of carbonyl (C=O) groups is 2. The Morgan fingerprint density at radius 1 is 1.12 bits per heavy atom. The van der Waals surface area contributed by atoms with Crippen LogP contribution in [0.4, 0.5) is 11.4 Å². The number of anilines is 1. The number of carbonyl (C=O) groups excluding carboxylic acids is 2. The number of non-ortho nitro benzene ring substituents is 1. The van der Waals surface area contributed by atoms with Crippen LogP contribution in [0.15, 0.2) is 58.1 Å². The molecule has 0 spiro atoms. The third kappa shape index (κ3) is 6.44. The Balaban J connectivity index is 1.74. The van der Waals surface area contributed by atoms with Crippen molar-refractivity contribution in [3.05, 3.63) is 68.7 Å². The molecular formula is C17H15BrN4O4. The molecule has 0 aromatic heterocycles. The normalized spacial score (nSPS) is 10.5. The second-order valence-corrected chi connectivity index (χ2v) is 6.12. The van der Waals surface area contributed by atoms with Crippen molar-refractivity contribution in [2.45, 2.75) is 12.8 Å². The molecule has 8 nitrogen and oxygen atoms in total. The lowest BCUT2D eigenvalue weighted by atomic mass is 10.2. The van der Waals surface area contributed by atoms with E-state index in [9.17, 15) is 19.7 Å². The van der Waals surface area contributed by atoms with Crippen LogP contribution in [0.3, 0.4) is 0 Å². The first-order valence-electron chi connectivity index (χ1n) is 7.56. The molecule has 0 heterocycles. The van der Waals surface area contributed by atoms with Gasteiger partial charge in [0.25, 0.3) is 5.69 Å². The predicted octanol–water partition coefficient (Wildman–Crippen LogP) is 3.23. The van der Waals surface area contributed by atoms with Crippen LogP contribution in [-0.4, -0.2) is 23.0 Å². The fraction of sp³-hybridized carbons (Fsp3) is 0.118. The summed E-state index contributed by atoms with van der Waals surface area (Å²) in [6, 6.07) is 12.8. The molecular weight excluding hydrogens is 404 g/mol. The molecule has 0 aliphatic rings. The molecule has 26 heavy (non-hydrogen) atoms. The maximum Gasteiger partial charge on any atom is 0.269 e. The number of nitro groups is 1. The summed E-state index contributed by atoms with van der Waals surface area (Å²) in [4.78, 5) is 33.6. The summed E-state index contributed by atoms with van der Waals surface area (Å²) in [5.74, 6) is -0.690. The standard InChI is InChI=1S/C17H15BrN4O4/c18-13-2-1-3-14(10-13)20-16(23)8-9-17(24)21-19-11-12-4-6-15(7-5-12)22(25)26/h1-7,10-11H,8-9H2,(H,20,23)(H,21,24)/b19-11+. The molecule has 2 aromatic carbocycles. The first-order chi connectivity index (χ1) is 12.4. The molecule has 9 heteroatoms. The predicted molar refractivity (Wildman–Crippen MR) is 101 cm³/mol. The lowest BCUT2D eigenvalue weighted by Gasteiger charge is -2.05. The Bertz CT molecular complexity index is 837. The van der Waals surface area contributed by atoms with Crippen LogP contribution in [0.25, 0.3) is 0 Å². The smallest absolute Gasteiger partial charge is 0.269 e. The van der Waals surface area contributed by atoms with Crippen LogP contribution in [0.1, 0.15) is 18.4 Å². The van der Waals surface area contributed by atoms with E-state index >= 15 is 0 Å². The molecule has 0 aliphatic heterocycles. The second kappa shape index (κ2) is 9.42. The highest BCUT2D eigenvalue weighted by Gasteiger charge is 2.07. The third-order valence-electron chi connectivity index (χ3n) is 3.19. The number of nitro benzene ring substituents is 1. The number of hydrazone groups is 1. The average Bonchev–Trinajstić information content (AvgIpc) is 2.60. The van der Waals surface area contributed by atoms with Crippen molar-refractivity contribution in [3.63, 3.8) is 0 Å². The molecule has 0 radical (unpaired) electrons. The van der Waals surface area contributed by atoms with Crippen molar-refractivity contribution in [2.75, 3.05) is 5.32 Å². The number of rotatable bonds is 7. The Morgan fingerprint density at radius 3 is 2.46 bits per heavy atom. The van der Waals surface area contributed by atoms with Gasteiger partial charge >= 0.3 is 0 Å². The molecule has 0 unspecified atom stereocenters. The zero-order valence-electron chi connectivity index (χ0n) is 13.5. The number of nitrogens with one attached hydrogen (secondary N) is 2. The molecule has 0 atom stereocenters. The number of amides is 2. The summed E-state index contributed by atoms with van der Waals surface area (Å²) in [7, 11) is 0. The Kier molecular flexibility index (Phi) is 6.98. The van der Waals surface area contributed by atoms with Gasteiger partial charge in [0, 0.05) is 35.1 Å². The van der Waals surface area contributed by atoms with E-state index in [2.05, 4.69) is 31.8 Å². The van der Waals surface area contributed by atoms with Crippen LogP contribution in [-0.2, 0) is 9.59 Å². The van der Waals surface area contributed by atoms with Crippen LogP contribution >= 0.6 is 15.9 Å². The fourth-order valence-electron chi connectivity index (χ4n) is 1.93. The summed E-state index contributed by atoms with van der Waals surface area (Å²) >= 11 is 3.31. The number of benzene rings is 2. The van der Waals surface area contributed by atoms with Gasteiger partial charge in [-0.05, 0) is 35.9 Å². The molecule has 2 aromatic rings. The van der Waals surface area contributed by atoms with E-state index in [1.165, 1.54) is 30.5 Å². The van der Waals surface area contributed by atoms with Crippen molar-refractivity contribution < 1.29 is 14.5 Å². The van der Waals surface area contributed by atoms with E-state index in [-0.39, 0.29) is 24.4 Å². The van der Waals surface area contributed by atoms with E-state index in [1.54, 1.807) is 18.2 Å². The van der Waals surface area contributed by atoms with Crippen molar-refractivity contribution >= 4 is 45.3 Å². The topological polar surface area (TPSA) is 114 Å². The Morgan fingerprint density at radius 2 is 1.81 bits per heavy atom. The van der Waals surface area contributed by atoms with Crippen molar-refractivity contribution in [1.82, 2.24) is 5.43 Å². The highest BCUT2D eigenvalue weighted by Crippen LogP contribution is 2.15. The third-order valence-corrected chi connectivity index (χ3v) is 3.69. The van der Waals surface area contributed by atoms with E-state index < -0.39 is 10.8 Å². The molecule has 0 saturated heterocycles. The molecule has 2 N–H and O–H groups in total. The summed E-state index contributed by atoms with van der Waals surface area (Å²) in [6.07, 6.45) is 1.37. The fourth-order valence-corrected chi connectivity index (χ4v) is 2.33. The quantitative estimate of drug-likeness (QED) is 0.408. The lowest BCUT2D eigenvalue weighted by Crippen LogP contribution is -2.20. The molecule has 0 aliphatic carbocycles. The summed E-state index contributed by atoms with van der Waals surface area (Å²) in [5, 5.41) is 17.0. The maximum atomic E-state index is 11.8. The van der Waals surface area contributed by atoms with Gasteiger partial charge in [-0.1, -0.05) is 22.0 Å². The maximum absolute atomic E-state index is 11.8. The van der Waals surface area contributed by atoms with Gasteiger partial charge < -0.3 is 5.32 Å². The summed E-state index contributed by atoms with van der Waals surface area (Å²) in [6.45, 7) is 0. The van der Waals surface area contributed by atoms with Gasteiger partial charge in [0.1, 0.15) is 0 Å². The van der Waals surface area contributed by atoms with Gasteiger partial charge in [0.15, 0.2) is 0 Å². The van der Waals surface area contributed by atoms with Gasteiger partial charge in [0.2, 0.25) is 11.8 Å². The number of hydrogen-bond acceptors (Lipinski definition) is 5. The van der Waals surface area contributed by atoms with Gasteiger partial charge in [-0.2, -0.15) is 5.10 Å². The summed E-state index contributed by atoms with van der Waals surface area (Å²) in [5.41, 5.74) is 3.52. The van der Waals surface area contributed by atoms with Gasteiger partial charge in [0.05, 0.1) is 11.1 Å². The van der Waals surface area contributed by atoms with Gasteiger partial charge in [-0.3, -0.25) is 19.7 Å². The molecule has 2 amide bonds. The number of halogens is 1. The van der Waals surface area contributed by atoms with Gasteiger partial charge in [-0.15, -0.1) is 0 Å². The molecule has 2 rings (SSSR count). The minimum absolute atomic E-state index is 0.0164. The molecule has 0 saturated carbocycles. The van der Waals surface area contributed by atoms with Crippen LogP contribution in [0.2, 0.25) is 0 Å². The molecule has 0 fully saturated rings. The molecule has 0 bridgehead atoms. The van der Waals surface area contributed by atoms with E-state index in [1.807, 2.05) is 6.07 Å². The van der Waals surface area contributed by atoms with Crippen molar-refractivity contribution in [2.24, 2.45) is 5.10 Å². The average molecular weight is 419 g/mol. The summed E-state index contributed by atoms with van der Waals surface area (Å²) < 4.78 is 0.841. The van der Waals surface area contributed by atoms with Crippen molar-refractivity contribution in [3.8, 4) is 0 Å². The number of hydrogen-bond donors (Lipinski definition) is 2. The van der Waals surface area contributed by atoms with Crippen LogP contribution < -0.4 is 10.7 Å². The van der Waals surface area contributed by atoms with Crippen LogP contribution in [0.5, 0.6) is 0 Å². The first kappa shape index (κ1) is 19.3. The SMILES string of the molecule is O=C(CCC(=O)Nc1cccc(Br)c1)N/N=C/c1ccc([N+](=O)[O-])cc1. The van der Waals surface area contributed by atoms with Crippen LogP contribution in [0, 0.1) is 10.1 Å². The number of nitrogens with zero attached hydrogens (tertiary/aromatic N) is 2. The van der Waals surface area contributed by atoms with Crippen molar-refractivity contribution in [1.29, 1.82) is 0 Å². The Hall–Kier alpha value is -3.07. The highest BCUT2D eigenvalue weighted by atomic mass is 79.9. The Labute approximate surface area is 157 Å². The monoisotopic (exact) mass is 418 g/mol.